The van der Waals surface area contributed by atoms with Gasteiger partial charge in [0.2, 0.25) is 0 Å². The number of aromatic nitrogens is 1. The molecule has 1 aromatic heterocycles. The van der Waals surface area contributed by atoms with E-state index in [-0.39, 0.29) is 11.7 Å². The quantitative estimate of drug-likeness (QED) is 0.374. The van der Waals surface area contributed by atoms with Crippen molar-refractivity contribution < 1.29 is 18.4 Å². The molecule has 0 atom stereocenters. The highest BCUT2D eigenvalue weighted by atomic mass is 19.4. The summed E-state index contributed by atoms with van der Waals surface area (Å²) in [6.45, 7) is 0.484. The minimum absolute atomic E-state index is 0.105. The Bertz CT molecular complexity index is 459. The van der Waals surface area contributed by atoms with Crippen LogP contribution in [0.5, 0.6) is 0 Å². The topological polar surface area (TPSA) is 74.7 Å². The fourth-order valence-electron chi connectivity index (χ4n) is 1.40. The molecule has 8 heteroatoms. The molecule has 0 unspecified atom stereocenters. The van der Waals surface area contributed by atoms with Crippen molar-refractivity contribution in [3.05, 3.63) is 23.4 Å². The maximum Gasteiger partial charge on any atom is 0.405 e. The van der Waals surface area contributed by atoms with Crippen LogP contribution in [0.2, 0.25) is 0 Å². The monoisotopic (exact) mass is 262 g/mol. The van der Waals surface area contributed by atoms with E-state index in [0.717, 1.165) is 4.90 Å². The van der Waals surface area contributed by atoms with Gasteiger partial charge in [0.05, 0.1) is 0 Å². The summed E-state index contributed by atoms with van der Waals surface area (Å²) in [5, 5.41) is 11.3. The number of amidine groups is 1. The van der Waals surface area contributed by atoms with Gasteiger partial charge < -0.3 is 15.8 Å². The Balaban J connectivity index is 3.06. The molecule has 0 bridgehead atoms. The van der Waals surface area contributed by atoms with Crippen LogP contribution in [0, 0.1) is 6.92 Å². The number of alkyl halides is 3. The number of aryl methyl sites for hydroxylation is 1. The van der Waals surface area contributed by atoms with E-state index in [9.17, 15) is 13.2 Å². The van der Waals surface area contributed by atoms with Gasteiger partial charge in [0.1, 0.15) is 12.4 Å². The second-order valence-corrected chi connectivity index (χ2v) is 3.81. The molecule has 18 heavy (non-hydrogen) atoms. The molecule has 0 saturated heterocycles. The maximum atomic E-state index is 12.3. The van der Waals surface area contributed by atoms with Crippen LogP contribution in [0.3, 0.4) is 0 Å². The van der Waals surface area contributed by atoms with Crippen molar-refractivity contribution in [2.75, 3.05) is 18.5 Å². The third-order valence-corrected chi connectivity index (χ3v) is 2.15. The average molecular weight is 262 g/mol. The summed E-state index contributed by atoms with van der Waals surface area (Å²) in [5.41, 5.74) is 6.18. The maximum absolute atomic E-state index is 12.3. The van der Waals surface area contributed by atoms with Gasteiger partial charge in [-0.3, -0.25) is 0 Å². The lowest BCUT2D eigenvalue weighted by Gasteiger charge is -2.20. The number of pyridine rings is 1. The van der Waals surface area contributed by atoms with E-state index in [0.29, 0.717) is 11.3 Å². The number of anilines is 1. The van der Waals surface area contributed by atoms with Crippen LogP contribution in [0.25, 0.3) is 0 Å². The third-order valence-electron chi connectivity index (χ3n) is 2.15. The van der Waals surface area contributed by atoms with Crippen LogP contribution < -0.4 is 10.6 Å². The summed E-state index contributed by atoms with van der Waals surface area (Å²) in [5.74, 6) is -0.0731. The zero-order chi connectivity index (χ0) is 13.9. The van der Waals surface area contributed by atoms with Crippen molar-refractivity contribution in [1.82, 2.24) is 4.98 Å². The molecule has 1 heterocycles. The molecular formula is C10H13F3N4O. The summed E-state index contributed by atoms with van der Waals surface area (Å²) in [7, 11) is 1.27. The Kier molecular flexibility index (Phi) is 4.00. The second-order valence-electron chi connectivity index (χ2n) is 3.81. The smallest absolute Gasteiger partial charge is 0.405 e. The van der Waals surface area contributed by atoms with E-state index < -0.39 is 12.7 Å². The van der Waals surface area contributed by atoms with Gasteiger partial charge in [0.15, 0.2) is 5.84 Å². The summed E-state index contributed by atoms with van der Waals surface area (Å²) in [6.07, 6.45) is -4.32. The molecule has 0 aliphatic carbocycles. The van der Waals surface area contributed by atoms with Crippen molar-refractivity contribution in [3.8, 4) is 0 Å². The lowest BCUT2D eigenvalue weighted by atomic mass is 10.2. The number of hydrogen-bond acceptors (Lipinski definition) is 4. The van der Waals surface area contributed by atoms with Crippen LogP contribution in [0.15, 0.2) is 17.3 Å². The van der Waals surface area contributed by atoms with Crippen molar-refractivity contribution in [1.29, 1.82) is 0 Å². The molecule has 0 aliphatic rings. The normalized spacial score (nSPS) is 12.6. The van der Waals surface area contributed by atoms with Gasteiger partial charge in [-0.05, 0) is 19.1 Å². The van der Waals surface area contributed by atoms with Crippen LogP contribution in [0.1, 0.15) is 11.3 Å². The predicted octanol–water partition coefficient (Wildman–Crippen LogP) is 1.48. The van der Waals surface area contributed by atoms with Gasteiger partial charge in [0, 0.05) is 18.3 Å². The first kappa shape index (κ1) is 14.1. The Labute approximate surface area is 102 Å². The fourth-order valence-corrected chi connectivity index (χ4v) is 1.40. The number of halogens is 3. The van der Waals surface area contributed by atoms with E-state index in [1.165, 1.54) is 19.2 Å². The highest BCUT2D eigenvalue weighted by Gasteiger charge is 2.30. The Morgan fingerprint density at radius 2 is 2.11 bits per heavy atom. The molecule has 3 N–H and O–H groups in total. The van der Waals surface area contributed by atoms with Gasteiger partial charge in [-0.15, -0.1) is 0 Å². The van der Waals surface area contributed by atoms with E-state index >= 15 is 0 Å². The number of nitrogens with zero attached hydrogens (tertiary/aromatic N) is 3. The first-order valence-corrected chi connectivity index (χ1v) is 4.97. The largest absolute Gasteiger partial charge is 0.409 e. The van der Waals surface area contributed by atoms with Gasteiger partial charge >= 0.3 is 6.18 Å². The van der Waals surface area contributed by atoms with Crippen LogP contribution in [-0.4, -0.2) is 35.8 Å². The summed E-state index contributed by atoms with van der Waals surface area (Å²) >= 11 is 0. The number of nitrogens with two attached hydrogens (primary N) is 1. The molecular weight excluding hydrogens is 249 g/mol. The Morgan fingerprint density at radius 1 is 1.50 bits per heavy atom. The van der Waals surface area contributed by atoms with Crippen LogP contribution in [-0.2, 0) is 0 Å². The summed E-state index contributed by atoms with van der Waals surface area (Å²) < 4.78 is 36.8. The van der Waals surface area contributed by atoms with E-state index in [1.54, 1.807) is 6.92 Å². The summed E-state index contributed by atoms with van der Waals surface area (Å²) in [4.78, 5) is 4.91. The molecule has 0 aromatic carbocycles. The number of rotatable bonds is 3. The lowest BCUT2D eigenvalue weighted by molar-refractivity contribution is -0.119. The van der Waals surface area contributed by atoms with Crippen molar-refractivity contribution in [3.63, 3.8) is 0 Å². The number of oxime groups is 1. The molecule has 1 rings (SSSR count). The molecule has 1 aromatic rings. The third kappa shape index (κ3) is 3.79. The molecule has 0 spiro atoms. The predicted molar refractivity (Wildman–Crippen MR) is 60.8 cm³/mol. The first-order chi connectivity index (χ1) is 8.23. The number of hydrogen-bond donors (Lipinski definition) is 2. The van der Waals surface area contributed by atoms with E-state index in [2.05, 4.69) is 10.1 Å². The van der Waals surface area contributed by atoms with Crippen molar-refractivity contribution >= 4 is 11.7 Å². The SMILES string of the molecule is Cc1cc(/C(N)=N/O)cc(N(C)CC(F)(F)F)n1. The molecule has 100 valence electrons. The zero-order valence-electron chi connectivity index (χ0n) is 9.86. The fraction of sp³-hybridized carbons (Fsp3) is 0.400. The lowest BCUT2D eigenvalue weighted by Crippen LogP contribution is -2.31. The van der Waals surface area contributed by atoms with Gasteiger partial charge in [0.25, 0.3) is 0 Å². The molecule has 0 radical (unpaired) electrons. The summed E-state index contributed by atoms with van der Waals surface area (Å²) in [6, 6.07) is 2.84. The Hall–Kier alpha value is -1.99. The molecule has 0 amide bonds. The highest BCUT2D eigenvalue weighted by Crippen LogP contribution is 2.20. The molecule has 0 aliphatic heterocycles. The van der Waals surface area contributed by atoms with Crippen molar-refractivity contribution in [2.45, 2.75) is 13.1 Å². The first-order valence-electron chi connectivity index (χ1n) is 4.97. The van der Waals surface area contributed by atoms with Gasteiger partial charge in [-0.2, -0.15) is 13.2 Å². The Morgan fingerprint density at radius 3 is 2.61 bits per heavy atom. The van der Waals surface area contributed by atoms with Crippen LogP contribution in [0.4, 0.5) is 19.0 Å². The highest BCUT2D eigenvalue weighted by molar-refractivity contribution is 5.97. The minimum atomic E-state index is -4.32. The molecule has 0 saturated carbocycles. The standard InChI is InChI=1S/C10H13F3N4O/c1-6-3-7(9(14)16-18)4-8(15-6)17(2)5-10(11,12)13/h3-4,18H,5H2,1-2H3,(H2,14,16). The van der Waals surface area contributed by atoms with E-state index in [1.807, 2.05) is 0 Å². The van der Waals surface area contributed by atoms with Gasteiger partial charge in [-0.25, -0.2) is 4.98 Å². The van der Waals surface area contributed by atoms with E-state index in [4.69, 9.17) is 10.9 Å². The van der Waals surface area contributed by atoms with Crippen molar-refractivity contribution in [2.24, 2.45) is 10.9 Å². The van der Waals surface area contributed by atoms with Crippen LogP contribution >= 0.6 is 0 Å². The second kappa shape index (κ2) is 5.11. The van der Waals surface area contributed by atoms with Gasteiger partial charge in [-0.1, -0.05) is 5.16 Å². The minimum Gasteiger partial charge on any atom is -0.409 e. The average Bonchev–Trinajstić information content (AvgIpc) is 2.24. The zero-order valence-corrected chi connectivity index (χ0v) is 9.86. The molecule has 0 fully saturated rings. The molecule has 5 nitrogen and oxygen atoms in total.